The van der Waals surface area contributed by atoms with Crippen LogP contribution in [0, 0.1) is 0 Å². The van der Waals surface area contributed by atoms with Crippen molar-refractivity contribution in [2.45, 2.75) is 12.6 Å². The lowest BCUT2D eigenvalue weighted by molar-refractivity contribution is -0.146. The second-order valence-corrected chi connectivity index (χ2v) is 4.51. The van der Waals surface area contributed by atoms with E-state index in [1.807, 2.05) is 18.2 Å². The van der Waals surface area contributed by atoms with E-state index in [9.17, 15) is 13.2 Å². The van der Waals surface area contributed by atoms with E-state index < -0.39 is 12.0 Å². The lowest BCUT2D eigenvalue weighted by Gasteiger charge is -2.07. The smallest absolute Gasteiger partial charge is 0.368 e. The van der Waals surface area contributed by atoms with Crippen LogP contribution in [0.15, 0.2) is 36.5 Å². The Kier molecular flexibility index (Phi) is 3.61. The minimum absolute atomic E-state index is 0.0441. The van der Waals surface area contributed by atoms with Gasteiger partial charge in [0.15, 0.2) is 5.65 Å². The molecule has 6 nitrogen and oxygen atoms in total. The van der Waals surface area contributed by atoms with Crippen molar-refractivity contribution in [2.24, 2.45) is 0 Å². The van der Waals surface area contributed by atoms with Crippen LogP contribution in [0.1, 0.15) is 11.5 Å². The molecule has 0 amide bonds. The van der Waals surface area contributed by atoms with E-state index >= 15 is 0 Å². The van der Waals surface area contributed by atoms with Crippen LogP contribution < -0.4 is 5.32 Å². The summed E-state index contributed by atoms with van der Waals surface area (Å²) in [6, 6.07) is 8.55. The second-order valence-electron chi connectivity index (χ2n) is 4.51. The molecule has 0 aliphatic carbocycles. The summed E-state index contributed by atoms with van der Waals surface area (Å²) in [6.07, 6.45) is -2.28. The minimum Gasteiger partial charge on any atom is -0.368 e. The zero-order valence-corrected chi connectivity index (χ0v) is 11.2. The van der Waals surface area contributed by atoms with Crippen molar-refractivity contribution in [3.05, 3.63) is 48.0 Å². The highest BCUT2D eigenvalue weighted by Crippen LogP contribution is 2.27. The Morgan fingerprint density at radius 1 is 1.09 bits per heavy atom. The van der Waals surface area contributed by atoms with Gasteiger partial charge in [-0.2, -0.15) is 17.7 Å². The summed E-state index contributed by atoms with van der Waals surface area (Å²) in [7, 11) is 0. The fourth-order valence-electron chi connectivity index (χ4n) is 1.92. The van der Waals surface area contributed by atoms with Crippen molar-refractivity contribution in [3.8, 4) is 0 Å². The maximum atomic E-state index is 12.8. The summed E-state index contributed by atoms with van der Waals surface area (Å²) >= 11 is 0. The van der Waals surface area contributed by atoms with Gasteiger partial charge in [0.05, 0.1) is 0 Å². The van der Waals surface area contributed by atoms with Gasteiger partial charge in [0.2, 0.25) is 0 Å². The third kappa shape index (κ3) is 2.97. The molecule has 0 fully saturated rings. The zero-order chi connectivity index (χ0) is 15.6. The zero-order valence-electron chi connectivity index (χ0n) is 11.2. The first kappa shape index (κ1) is 14.2. The molecule has 3 aromatic heterocycles. The molecule has 0 atom stereocenters. The van der Waals surface area contributed by atoms with Gasteiger partial charge in [-0.15, -0.1) is 15.3 Å². The summed E-state index contributed by atoms with van der Waals surface area (Å²) in [4.78, 5) is 4.16. The molecule has 9 heteroatoms. The first-order valence-corrected chi connectivity index (χ1v) is 6.47. The monoisotopic (exact) mass is 308 g/mol. The predicted octanol–water partition coefficient (Wildman–Crippen LogP) is 2.19. The average Bonchev–Trinajstić information content (AvgIpc) is 2.91. The Hall–Kier alpha value is -2.71. The van der Waals surface area contributed by atoms with Crippen LogP contribution in [0.3, 0.4) is 0 Å². The van der Waals surface area contributed by atoms with Gasteiger partial charge in [-0.1, -0.05) is 6.07 Å². The summed E-state index contributed by atoms with van der Waals surface area (Å²) in [5, 5.41) is 13.4. The lowest BCUT2D eigenvalue weighted by atomic mass is 10.3. The maximum Gasteiger partial charge on any atom is 0.453 e. The van der Waals surface area contributed by atoms with E-state index in [1.54, 1.807) is 12.3 Å². The van der Waals surface area contributed by atoms with Gasteiger partial charge in [-0.25, -0.2) is 0 Å². The Morgan fingerprint density at radius 2 is 1.95 bits per heavy atom. The molecule has 22 heavy (non-hydrogen) atoms. The fourth-order valence-corrected chi connectivity index (χ4v) is 1.92. The number of fused-ring (bicyclic) bond motifs is 1. The number of halogens is 3. The van der Waals surface area contributed by atoms with Crippen molar-refractivity contribution in [1.29, 1.82) is 0 Å². The largest absolute Gasteiger partial charge is 0.453 e. The summed E-state index contributed by atoms with van der Waals surface area (Å²) in [5.74, 6) is -0.829. The topological polar surface area (TPSA) is 68.0 Å². The number of nitrogens with zero attached hydrogens (tertiary/aromatic N) is 5. The van der Waals surface area contributed by atoms with Crippen molar-refractivity contribution in [1.82, 2.24) is 24.8 Å². The van der Waals surface area contributed by atoms with E-state index in [0.717, 1.165) is 5.69 Å². The molecule has 3 heterocycles. The highest BCUT2D eigenvalue weighted by molar-refractivity contribution is 5.44. The number of anilines is 1. The van der Waals surface area contributed by atoms with Crippen LogP contribution >= 0.6 is 0 Å². The van der Waals surface area contributed by atoms with E-state index in [4.69, 9.17) is 0 Å². The molecule has 0 radical (unpaired) electrons. The third-order valence-electron chi connectivity index (χ3n) is 2.93. The van der Waals surface area contributed by atoms with Crippen molar-refractivity contribution >= 4 is 11.5 Å². The molecular weight excluding hydrogens is 297 g/mol. The first-order valence-electron chi connectivity index (χ1n) is 6.47. The van der Waals surface area contributed by atoms with Gasteiger partial charge >= 0.3 is 6.18 Å². The van der Waals surface area contributed by atoms with E-state index in [0.29, 0.717) is 23.3 Å². The SMILES string of the molecule is FC(F)(F)c1nnc2ccc(NCCc3ccccn3)nn12. The van der Waals surface area contributed by atoms with Gasteiger partial charge in [-0.05, 0) is 24.3 Å². The molecule has 3 aromatic rings. The van der Waals surface area contributed by atoms with Gasteiger partial charge in [0.25, 0.3) is 5.82 Å². The number of pyridine rings is 1. The molecule has 0 spiro atoms. The molecular formula is C13H11F3N6. The van der Waals surface area contributed by atoms with Gasteiger partial charge in [0, 0.05) is 24.9 Å². The standard InChI is InChI=1S/C13H11F3N6/c14-13(15,16)12-20-19-11-5-4-10(21-22(11)12)18-8-6-9-3-1-2-7-17-9/h1-5,7H,6,8H2,(H,18,21). The van der Waals surface area contributed by atoms with Crippen LogP contribution in [0.4, 0.5) is 19.0 Å². The number of hydrogen-bond acceptors (Lipinski definition) is 5. The molecule has 0 bridgehead atoms. The third-order valence-corrected chi connectivity index (χ3v) is 2.93. The van der Waals surface area contributed by atoms with Crippen LogP contribution in [0.2, 0.25) is 0 Å². The van der Waals surface area contributed by atoms with E-state index in [-0.39, 0.29) is 5.65 Å². The quantitative estimate of drug-likeness (QED) is 0.800. The summed E-state index contributed by atoms with van der Waals surface area (Å²) < 4.78 is 39.0. The van der Waals surface area contributed by atoms with E-state index in [1.165, 1.54) is 6.07 Å². The van der Waals surface area contributed by atoms with Crippen molar-refractivity contribution in [2.75, 3.05) is 11.9 Å². The molecule has 3 rings (SSSR count). The fraction of sp³-hybridized carbons (Fsp3) is 0.231. The van der Waals surface area contributed by atoms with Gasteiger partial charge in [0.1, 0.15) is 5.82 Å². The average molecular weight is 308 g/mol. The molecule has 0 saturated heterocycles. The number of nitrogens with one attached hydrogen (secondary N) is 1. The molecule has 0 unspecified atom stereocenters. The Bertz CT molecular complexity index is 768. The highest BCUT2D eigenvalue weighted by atomic mass is 19.4. The Labute approximate surface area is 123 Å². The molecule has 114 valence electrons. The van der Waals surface area contributed by atoms with Crippen molar-refractivity contribution in [3.63, 3.8) is 0 Å². The van der Waals surface area contributed by atoms with Crippen LogP contribution in [0.25, 0.3) is 5.65 Å². The Balaban J connectivity index is 1.74. The van der Waals surface area contributed by atoms with E-state index in [2.05, 4.69) is 25.6 Å². The number of hydrogen-bond donors (Lipinski definition) is 1. The molecule has 0 saturated carbocycles. The molecule has 0 aromatic carbocycles. The maximum absolute atomic E-state index is 12.8. The summed E-state index contributed by atoms with van der Waals surface area (Å²) in [5.41, 5.74) is 0.930. The summed E-state index contributed by atoms with van der Waals surface area (Å²) in [6.45, 7) is 0.499. The van der Waals surface area contributed by atoms with Gasteiger partial charge in [-0.3, -0.25) is 4.98 Å². The number of alkyl halides is 3. The number of rotatable bonds is 4. The highest BCUT2D eigenvalue weighted by Gasteiger charge is 2.37. The normalized spacial score (nSPS) is 11.8. The molecule has 1 N–H and O–H groups in total. The van der Waals surface area contributed by atoms with Crippen LogP contribution in [-0.4, -0.2) is 31.3 Å². The van der Waals surface area contributed by atoms with Crippen molar-refractivity contribution < 1.29 is 13.2 Å². The predicted molar refractivity (Wildman–Crippen MR) is 72.2 cm³/mol. The Morgan fingerprint density at radius 3 is 2.68 bits per heavy atom. The van der Waals surface area contributed by atoms with Crippen LogP contribution in [0.5, 0.6) is 0 Å². The first-order chi connectivity index (χ1) is 10.5. The molecule has 0 aliphatic rings. The lowest BCUT2D eigenvalue weighted by Crippen LogP contribution is -2.14. The molecule has 0 aliphatic heterocycles. The van der Waals surface area contributed by atoms with Gasteiger partial charge < -0.3 is 5.32 Å². The minimum atomic E-state index is -4.60. The second kappa shape index (κ2) is 5.58. The number of aromatic nitrogens is 5. The van der Waals surface area contributed by atoms with Crippen LogP contribution in [-0.2, 0) is 12.6 Å².